The van der Waals surface area contributed by atoms with Crippen molar-refractivity contribution < 1.29 is 23.7 Å². The highest BCUT2D eigenvalue weighted by Gasteiger charge is 2.15. The molecule has 0 aliphatic heterocycles. The maximum Gasteiger partial charge on any atom is 0.262 e. The van der Waals surface area contributed by atoms with Crippen LogP contribution in [0.15, 0.2) is 64.6 Å². The molecule has 0 radical (unpaired) electrons. The van der Waals surface area contributed by atoms with Crippen LogP contribution < -0.4 is 24.3 Å². The van der Waals surface area contributed by atoms with Crippen molar-refractivity contribution >= 4 is 39.5 Å². The lowest BCUT2D eigenvalue weighted by molar-refractivity contribution is -0.117. The summed E-state index contributed by atoms with van der Waals surface area (Å²) in [6, 6.07) is 18.1. The monoisotopic (exact) mass is 584 g/mol. The summed E-state index contributed by atoms with van der Waals surface area (Å²) < 4.78 is 22.9. The maximum atomic E-state index is 12.8. The number of carbonyl (C=O) groups is 1. The summed E-state index contributed by atoms with van der Waals surface area (Å²) in [5.74, 6) is 1.70. The number of carbonyl (C=O) groups excluding carboxylic acids is 1. The molecule has 3 aromatic carbocycles. The molecule has 9 heteroatoms. The van der Waals surface area contributed by atoms with Crippen LogP contribution in [0.5, 0.6) is 23.0 Å². The molecular weight excluding hydrogens is 560 g/mol. The van der Waals surface area contributed by atoms with E-state index >= 15 is 0 Å². The van der Waals surface area contributed by atoms with Crippen molar-refractivity contribution in [2.75, 3.05) is 20.8 Å². The number of ether oxygens (including phenoxy) is 4. The zero-order valence-electron chi connectivity index (χ0n) is 20.6. The van der Waals surface area contributed by atoms with Gasteiger partial charge in [-0.3, -0.25) is 4.79 Å². The molecule has 1 amide bonds. The predicted molar refractivity (Wildman–Crippen MR) is 146 cm³/mol. The second kappa shape index (κ2) is 13.6. The molecule has 0 saturated heterocycles. The molecule has 0 spiro atoms. The van der Waals surface area contributed by atoms with E-state index < -0.39 is 5.91 Å². The van der Waals surface area contributed by atoms with Gasteiger partial charge in [-0.2, -0.15) is 5.26 Å². The first-order valence-electron chi connectivity index (χ1n) is 11.3. The van der Waals surface area contributed by atoms with E-state index in [1.165, 1.54) is 13.2 Å². The SMILES string of the molecule is CCOc1cc(/C=C(\C#N)C(=O)NCc2ccc(OC)cc2OC)c(Br)cc1OCc1ccc(Cl)cc1. The molecule has 0 heterocycles. The van der Waals surface area contributed by atoms with Crippen LogP contribution in [0, 0.1) is 11.3 Å². The topological polar surface area (TPSA) is 89.8 Å². The van der Waals surface area contributed by atoms with E-state index in [2.05, 4.69) is 21.2 Å². The Morgan fingerprint density at radius 3 is 2.41 bits per heavy atom. The number of rotatable bonds is 11. The third kappa shape index (κ3) is 7.66. The molecule has 7 nitrogen and oxygen atoms in total. The summed E-state index contributed by atoms with van der Waals surface area (Å²) in [5.41, 5.74) is 2.22. The van der Waals surface area contributed by atoms with Crippen molar-refractivity contribution in [3.63, 3.8) is 0 Å². The fourth-order valence-corrected chi connectivity index (χ4v) is 3.92. The Labute approximate surface area is 229 Å². The van der Waals surface area contributed by atoms with Crippen LogP contribution in [0.1, 0.15) is 23.6 Å². The van der Waals surface area contributed by atoms with E-state index in [0.29, 0.717) is 51.3 Å². The van der Waals surface area contributed by atoms with Crippen molar-refractivity contribution in [2.45, 2.75) is 20.1 Å². The molecule has 0 aliphatic carbocycles. The molecule has 3 aromatic rings. The number of hydrogen-bond donors (Lipinski definition) is 1. The first kappa shape index (κ1) is 27.9. The van der Waals surface area contributed by atoms with Gasteiger partial charge >= 0.3 is 0 Å². The van der Waals surface area contributed by atoms with Gasteiger partial charge in [0.1, 0.15) is 29.7 Å². The smallest absolute Gasteiger partial charge is 0.262 e. The quantitative estimate of drug-likeness (QED) is 0.209. The summed E-state index contributed by atoms with van der Waals surface area (Å²) in [7, 11) is 3.10. The molecule has 37 heavy (non-hydrogen) atoms. The second-order valence-electron chi connectivity index (χ2n) is 7.70. The average Bonchev–Trinajstić information content (AvgIpc) is 2.91. The summed E-state index contributed by atoms with van der Waals surface area (Å²) in [6.45, 7) is 2.77. The minimum atomic E-state index is -0.520. The first-order chi connectivity index (χ1) is 17.9. The molecule has 3 rings (SSSR count). The summed E-state index contributed by atoms with van der Waals surface area (Å²) in [5, 5.41) is 13.1. The largest absolute Gasteiger partial charge is 0.497 e. The molecule has 0 aliphatic rings. The van der Waals surface area contributed by atoms with Crippen LogP contribution in [-0.4, -0.2) is 26.7 Å². The molecule has 192 valence electrons. The van der Waals surface area contributed by atoms with Gasteiger partial charge < -0.3 is 24.3 Å². The first-order valence-corrected chi connectivity index (χ1v) is 12.5. The molecule has 0 aromatic heterocycles. The van der Waals surface area contributed by atoms with Gasteiger partial charge in [-0.1, -0.05) is 39.7 Å². The number of nitriles is 1. The van der Waals surface area contributed by atoms with Gasteiger partial charge in [0.25, 0.3) is 5.91 Å². The van der Waals surface area contributed by atoms with Gasteiger partial charge in [-0.25, -0.2) is 0 Å². The van der Waals surface area contributed by atoms with Gasteiger partial charge in [0.15, 0.2) is 11.5 Å². The van der Waals surface area contributed by atoms with E-state index in [4.69, 9.17) is 30.5 Å². The van der Waals surface area contributed by atoms with Crippen LogP contribution in [0.3, 0.4) is 0 Å². The van der Waals surface area contributed by atoms with Crippen LogP contribution in [-0.2, 0) is 17.9 Å². The predicted octanol–water partition coefficient (Wildman–Crippen LogP) is 6.32. The van der Waals surface area contributed by atoms with Crippen molar-refractivity contribution in [3.8, 4) is 29.1 Å². The number of nitrogens with one attached hydrogen (secondary N) is 1. The Bertz CT molecular complexity index is 1320. The third-order valence-electron chi connectivity index (χ3n) is 5.27. The Balaban J connectivity index is 1.78. The number of amides is 1. The van der Waals surface area contributed by atoms with E-state index in [0.717, 1.165) is 11.1 Å². The highest BCUT2D eigenvalue weighted by molar-refractivity contribution is 9.10. The lowest BCUT2D eigenvalue weighted by atomic mass is 10.1. The number of nitrogens with zero attached hydrogens (tertiary/aromatic N) is 1. The zero-order valence-corrected chi connectivity index (χ0v) is 23.0. The number of methoxy groups -OCH3 is 2. The minimum absolute atomic E-state index is 0.0644. The fourth-order valence-electron chi connectivity index (χ4n) is 3.36. The third-order valence-corrected chi connectivity index (χ3v) is 6.21. The minimum Gasteiger partial charge on any atom is -0.497 e. The molecule has 0 saturated carbocycles. The Morgan fingerprint density at radius 2 is 1.76 bits per heavy atom. The van der Waals surface area contributed by atoms with E-state index in [1.54, 1.807) is 49.6 Å². The van der Waals surface area contributed by atoms with Crippen molar-refractivity contribution in [2.24, 2.45) is 0 Å². The van der Waals surface area contributed by atoms with E-state index in [1.807, 2.05) is 25.1 Å². The Hall–Kier alpha value is -3.67. The van der Waals surface area contributed by atoms with Crippen molar-refractivity contribution in [1.29, 1.82) is 5.26 Å². The molecule has 1 N–H and O–H groups in total. The number of hydrogen-bond acceptors (Lipinski definition) is 6. The average molecular weight is 586 g/mol. The van der Waals surface area contributed by atoms with Crippen LogP contribution >= 0.6 is 27.5 Å². The van der Waals surface area contributed by atoms with Gasteiger partial charge in [0.2, 0.25) is 0 Å². The van der Waals surface area contributed by atoms with Crippen LogP contribution in [0.25, 0.3) is 6.08 Å². The van der Waals surface area contributed by atoms with Crippen LogP contribution in [0.4, 0.5) is 0 Å². The number of benzene rings is 3. The molecule has 0 unspecified atom stereocenters. The highest BCUT2D eigenvalue weighted by Crippen LogP contribution is 2.35. The zero-order chi connectivity index (χ0) is 26.8. The van der Waals surface area contributed by atoms with Crippen molar-refractivity contribution in [1.82, 2.24) is 5.32 Å². The van der Waals surface area contributed by atoms with Gasteiger partial charge in [0, 0.05) is 27.7 Å². The molecule has 0 bridgehead atoms. The normalized spacial score (nSPS) is 10.9. The second-order valence-corrected chi connectivity index (χ2v) is 8.99. The maximum absolute atomic E-state index is 12.8. The number of halogens is 2. The van der Waals surface area contributed by atoms with E-state index in [9.17, 15) is 10.1 Å². The fraction of sp³-hybridized carbons (Fsp3) is 0.214. The van der Waals surface area contributed by atoms with Gasteiger partial charge in [-0.15, -0.1) is 0 Å². The lowest BCUT2D eigenvalue weighted by Gasteiger charge is -2.14. The molecule has 0 atom stereocenters. The highest BCUT2D eigenvalue weighted by atomic mass is 79.9. The van der Waals surface area contributed by atoms with Gasteiger partial charge in [0.05, 0.1) is 20.8 Å². The Kier molecular flexibility index (Phi) is 10.2. The Morgan fingerprint density at radius 1 is 1.03 bits per heavy atom. The molecular formula is C28H26BrClN2O5. The van der Waals surface area contributed by atoms with Gasteiger partial charge in [-0.05, 0) is 60.5 Å². The standard InChI is InChI=1S/C28H26BrClN2O5/c1-4-36-26-12-20(24(29)14-27(26)37-17-18-5-8-22(30)9-6-18)11-21(15-31)28(33)32-16-19-7-10-23(34-2)13-25(19)35-3/h5-14H,4,16-17H2,1-3H3,(H,32,33)/b21-11+. The van der Waals surface area contributed by atoms with Crippen molar-refractivity contribution in [3.05, 3.63) is 86.4 Å². The van der Waals surface area contributed by atoms with Crippen LogP contribution in [0.2, 0.25) is 5.02 Å². The molecule has 0 fully saturated rings. The lowest BCUT2D eigenvalue weighted by Crippen LogP contribution is -2.24. The summed E-state index contributed by atoms with van der Waals surface area (Å²) in [4.78, 5) is 12.8. The van der Waals surface area contributed by atoms with E-state index in [-0.39, 0.29) is 12.1 Å². The summed E-state index contributed by atoms with van der Waals surface area (Å²) >= 11 is 9.47. The summed E-state index contributed by atoms with van der Waals surface area (Å²) in [6.07, 6.45) is 1.50.